The Balaban J connectivity index is 1.38. The van der Waals surface area contributed by atoms with Crippen LogP contribution in [0.1, 0.15) is 59.1 Å². The van der Waals surface area contributed by atoms with E-state index in [1.54, 1.807) is 17.0 Å². The van der Waals surface area contributed by atoms with Gasteiger partial charge in [0.05, 0.1) is 17.2 Å². The van der Waals surface area contributed by atoms with Crippen molar-refractivity contribution < 1.29 is 22.8 Å². The molecule has 2 aromatic carbocycles. The van der Waals surface area contributed by atoms with E-state index in [2.05, 4.69) is 15.3 Å². The van der Waals surface area contributed by atoms with Crippen molar-refractivity contribution in [1.82, 2.24) is 14.9 Å². The maximum atomic E-state index is 13.6. The van der Waals surface area contributed by atoms with Crippen molar-refractivity contribution in [2.24, 2.45) is 5.92 Å². The molecule has 0 spiro atoms. The summed E-state index contributed by atoms with van der Waals surface area (Å²) < 4.78 is 40.3. The third-order valence-corrected chi connectivity index (χ3v) is 8.17. The number of hydrogen-bond donors (Lipinski definition) is 2. The Labute approximate surface area is 242 Å². The number of amides is 2. The SMILES string of the molecule is CN1CC(CC2CC2)c2[nH]c(-c3ccnc(NC(=O)C(CC(F)F)c4ccc(F)cc4)c3)c(-c3ccccc3)c2C1=O. The van der Waals surface area contributed by atoms with Gasteiger partial charge in [-0.05, 0) is 47.7 Å². The molecular weight excluding hydrogens is 541 g/mol. The van der Waals surface area contributed by atoms with Crippen LogP contribution in [0.15, 0.2) is 72.9 Å². The van der Waals surface area contributed by atoms with Gasteiger partial charge < -0.3 is 15.2 Å². The number of H-pyrrole nitrogens is 1. The first-order chi connectivity index (χ1) is 20.3. The number of anilines is 1. The number of carbonyl (C=O) groups excluding carboxylic acids is 2. The maximum absolute atomic E-state index is 13.6. The van der Waals surface area contributed by atoms with Crippen LogP contribution >= 0.6 is 0 Å². The van der Waals surface area contributed by atoms with Crippen molar-refractivity contribution >= 4 is 17.6 Å². The number of halogens is 3. The fourth-order valence-corrected chi connectivity index (χ4v) is 5.94. The minimum Gasteiger partial charge on any atom is -0.357 e. The molecular formula is C33H31F3N4O2. The number of pyridine rings is 1. The molecule has 1 saturated carbocycles. The molecule has 3 heterocycles. The standard InChI is InChI=1S/C33H31F3N4O2/c1-40-18-23(15-19-7-8-19)31-29(33(40)42)28(21-5-3-2-4-6-21)30(39-31)22-13-14-37-27(16-22)38-32(41)25(17-26(35)36)20-9-11-24(34)12-10-20/h2-6,9-14,16,19,23,25-26,39H,7-8,15,17-18H2,1H3,(H,37,38,41). The van der Waals surface area contributed by atoms with Crippen LogP contribution < -0.4 is 5.32 Å². The van der Waals surface area contributed by atoms with E-state index >= 15 is 0 Å². The summed E-state index contributed by atoms with van der Waals surface area (Å²) in [5, 5.41) is 2.68. The second kappa shape index (κ2) is 11.5. The number of hydrogen-bond acceptors (Lipinski definition) is 3. The molecule has 2 aromatic heterocycles. The summed E-state index contributed by atoms with van der Waals surface area (Å²) in [7, 11) is 1.84. The average molecular weight is 573 g/mol. The van der Waals surface area contributed by atoms with Gasteiger partial charge in [0.25, 0.3) is 5.91 Å². The zero-order valence-electron chi connectivity index (χ0n) is 23.1. The zero-order valence-corrected chi connectivity index (χ0v) is 23.1. The minimum absolute atomic E-state index is 0.0462. The third-order valence-electron chi connectivity index (χ3n) is 8.17. The van der Waals surface area contributed by atoms with Crippen LogP contribution in [0.3, 0.4) is 0 Å². The number of carbonyl (C=O) groups is 2. The van der Waals surface area contributed by atoms with Crippen molar-refractivity contribution in [3.63, 3.8) is 0 Å². The van der Waals surface area contributed by atoms with Crippen molar-refractivity contribution in [2.75, 3.05) is 18.9 Å². The number of aromatic nitrogens is 2. The van der Waals surface area contributed by atoms with Crippen LogP contribution in [0.5, 0.6) is 0 Å². The molecule has 6 rings (SSSR count). The molecule has 0 radical (unpaired) electrons. The number of aromatic amines is 1. The molecule has 2 amide bonds. The van der Waals surface area contributed by atoms with E-state index in [0.29, 0.717) is 23.6 Å². The normalized spacial score (nSPS) is 17.3. The Morgan fingerprint density at radius 2 is 1.79 bits per heavy atom. The third kappa shape index (κ3) is 5.68. The Kier molecular flexibility index (Phi) is 7.58. The van der Waals surface area contributed by atoms with Gasteiger partial charge in [0.2, 0.25) is 12.3 Å². The average Bonchev–Trinajstić information content (AvgIpc) is 3.71. The van der Waals surface area contributed by atoms with Crippen LogP contribution in [0.4, 0.5) is 19.0 Å². The zero-order chi connectivity index (χ0) is 29.4. The molecule has 9 heteroatoms. The van der Waals surface area contributed by atoms with Gasteiger partial charge in [-0.3, -0.25) is 9.59 Å². The van der Waals surface area contributed by atoms with Gasteiger partial charge in [-0.15, -0.1) is 0 Å². The quantitative estimate of drug-likeness (QED) is 0.222. The van der Waals surface area contributed by atoms with E-state index in [9.17, 15) is 22.8 Å². The molecule has 216 valence electrons. The first-order valence-electron chi connectivity index (χ1n) is 14.2. The van der Waals surface area contributed by atoms with Gasteiger partial charge in [0.1, 0.15) is 11.6 Å². The Morgan fingerprint density at radius 3 is 2.48 bits per heavy atom. The highest BCUT2D eigenvalue weighted by molar-refractivity contribution is 6.07. The van der Waals surface area contributed by atoms with E-state index in [4.69, 9.17) is 0 Å². The van der Waals surface area contributed by atoms with E-state index in [1.165, 1.54) is 31.2 Å². The minimum atomic E-state index is -2.73. The fourth-order valence-electron chi connectivity index (χ4n) is 5.94. The molecule has 6 nitrogen and oxygen atoms in total. The van der Waals surface area contributed by atoms with Gasteiger partial charge >= 0.3 is 0 Å². The predicted molar refractivity (Wildman–Crippen MR) is 155 cm³/mol. The van der Waals surface area contributed by atoms with Gasteiger partial charge in [0.15, 0.2) is 0 Å². The van der Waals surface area contributed by atoms with Gasteiger partial charge in [-0.2, -0.15) is 0 Å². The smallest absolute Gasteiger partial charge is 0.256 e. The topological polar surface area (TPSA) is 78.1 Å². The summed E-state index contributed by atoms with van der Waals surface area (Å²) in [5.74, 6) is -1.39. The number of alkyl halides is 2. The fraction of sp³-hybridized carbons (Fsp3) is 0.303. The number of benzene rings is 2. The summed E-state index contributed by atoms with van der Waals surface area (Å²) in [5.41, 5.74) is 4.97. The Hall–Kier alpha value is -4.40. The molecule has 2 aliphatic rings. The van der Waals surface area contributed by atoms with Crippen LogP contribution in [0.25, 0.3) is 22.4 Å². The van der Waals surface area contributed by atoms with Crippen molar-refractivity contribution in [3.8, 4) is 22.4 Å². The number of likely N-dealkylation sites (N-methyl/N-ethyl adjacent to an activating group) is 1. The summed E-state index contributed by atoms with van der Waals surface area (Å²) in [6.45, 7) is 0.642. The van der Waals surface area contributed by atoms with Crippen molar-refractivity contribution in [3.05, 3.63) is 95.6 Å². The van der Waals surface area contributed by atoms with Crippen LogP contribution in [-0.2, 0) is 4.79 Å². The lowest BCUT2D eigenvalue weighted by molar-refractivity contribution is -0.118. The highest BCUT2D eigenvalue weighted by Gasteiger charge is 2.38. The summed E-state index contributed by atoms with van der Waals surface area (Å²) in [6, 6.07) is 18.1. The lowest BCUT2D eigenvalue weighted by Crippen LogP contribution is -2.37. The molecule has 1 aliphatic heterocycles. The monoisotopic (exact) mass is 572 g/mol. The number of fused-ring (bicyclic) bond motifs is 1. The Morgan fingerprint density at radius 1 is 1.05 bits per heavy atom. The van der Waals surface area contributed by atoms with Crippen molar-refractivity contribution in [1.29, 1.82) is 0 Å². The second-order valence-corrected chi connectivity index (χ2v) is 11.2. The molecule has 2 N–H and O–H groups in total. The number of rotatable bonds is 9. The van der Waals surface area contributed by atoms with Crippen LogP contribution in [-0.4, -0.2) is 46.7 Å². The summed E-state index contributed by atoms with van der Waals surface area (Å²) >= 11 is 0. The molecule has 4 aromatic rings. The maximum Gasteiger partial charge on any atom is 0.256 e. The highest BCUT2D eigenvalue weighted by atomic mass is 19.3. The molecule has 1 fully saturated rings. The van der Waals surface area contributed by atoms with Gasteiger partial charge in [0, 0.05) is 48.9 Å². The van der Waals surface area contributed by atoms with Gasteiger partial charge in [-0.1, -0.05) is 55.3 Å². The number of nitrogens with one attached hydrogen (secondary N) is 2. The highest BCUT2D eigenvalue weighted by Crippen LogP contribution is 2.46. The van der Waals surface area contributed by atoms with E-state index in [1.807, 2.05) is 37.4 Å². The molecule has 42 heavy (non-hydrogen) atoms. The first-order valence-corrected chi connectivity index (χ1v) is 14.2. The summed E-state index contributed by atoms with van der Waals surface area (Å²) in [6.07, 6.45) is 1.51. The largest absolute Gasteiger partial charge is 0.357 e. The van der Waals surface area contributed by atoms with Crippen LogP contribution in [0, 0.1) is 11.7 Å². The molecule has 2 unspecified atom stereocenters. The molecule has 0 bridgehead atoms. The molecule has 2 atom stereocenters. The Bertz CT molecular complexity index is 1600. The van der Waals surface area contributed by atoms with E-state index in [-0.39, 0.29) is 23.2 Å². The second-order valence-electron chi connectivity index (χ2n) is 11.2. The van der Waals surface area contributed by atoms with E-state index < -0.39 is 30.5 Å². The molecule has 1 aliphatic carbocycles. The molecule has 0 saturated heterocycles. The predicted octanol–water partition coefficient (Wildman–Crippen LogP) is 7.23. The number of nitrogens with zero attached hydrogens (tertiary/aromatic N) is 2. The van der Waals surface area contributed by atoms with Crippen molar-refractivity contribution in [2.45, 2.75) is 43.9 Å². The van der Waals surface area contributed by atoms with Crippen LogP contribution in [0.2, 0.25) is 0 Å². The first kappa shape index (κ1) is 27.8. The van der Waals surface area contributed by atoms with E-state index in [0.717, 1.165) is 41.1 Å². The van der Waals surface area contributed by atoms with Gasteiger partial charge in [-0.25, -0.2) is 18.2 Å². The lowest BCUT2D eigenvalue weighted by Gasteiger charge is -2.30. The lowest BCUT2D eigenvalue weighted by atomic mass is 9.88. The summed E-state index contributed by atoms with van der Waals surface area (Å²) in [4.78, 5) is 36.5.